The van der Waals surface area contributed by atoms with Gasteiger partial charge in [0.2, 0.25) is 11.3 Å². The molecule has 1 saturated carbocycles. The van der Waals surface area contributed by atoms with Crippen molar-refractivity contribution in [3.63, 3.8) is 0 Å². The molecule has 1 aliphatic carbocycles. The van der Waals surface area contributed by atoms with Crippen molar-refractivity contribution in [3.05, 3.63) is 0 Å². The van der Waals surface area contributed by atoms with Crippen molar-refractivity contribution in [1.29, 1.82) is 0 Å². The van der Waals surface area contributed by atoms with Crippen LogP contribution < -0.4 is 9.80 Å². The smallest absolute Gasteiger partial charge is 0.245 e. The van der Waals surface area contributed by atoms with Crippen LogP contribution in [0, 0.1) is 5.92 Å². The van der Waals surface area contributed by atoms with Gasteiger partial charge in [-0.3, -0.25) is 0 Å². The average Bonchev–Trinajstić information content (AvgIpc) is 3.30. The highest BCUT2D eigenvalue weighted by Crippen LogP contribution is 2.42. The molecule has 0 amide bonds. The highest BCUT2D eigenvalue weighted by Gasteiger charge is 2.40. The van der Waals surface area contributed by atoms with Gasteiger partial charge in [0.05, 0.1) is 0 Å². The van der Waals surface area contributed by atoms with Crippen molar-refractivity contribution in [1.82, 2.24) is 20.3 Å². The Bertz CT molecular complexity index is 700. The van der Waals surface area contributed by atoms with Gasteiger partial charge in [-0.1, -0.05) is 0 Å². The molecule has 2 saturated heterocycles. The van der Waals surface area contributed by atoms with Crippen LogP contribution in [0.2, 0.25) is 0 Å². The van der Waals surface area contributed by atoms with Crippen molar-refractivity contribution in [2.75, 3.05) is 40.9 Å². The van der Waals surface area contributed by atoms with Gasteiger partial charge in [0.25, 0.3) is 0 Å². The van der Waals surface area contributed by atoms with Crippen LogP contribution in [0.3, 0.4) is 0 Å². The number of nitrogens with zero attached hydrogens (tertiary/aromatic N) is 6. The molecular weight excluding hydrogens is 300 g/mol. The second-order valence-electron chi connectivity index (χ2n) is 6.37. The SMILES string of the molecule is C1CN(c2nc3nonc3nc2N2C[C@H]3CC[C@H]2C3)CCS1. The number of thioether (sulfide) groups is 1. The quantitative estimate of drug-likeness (QED) is 0.826. The molecule has 0 spiro atoms. The molecule has 0 aromatic carbocycles. The molecule has 0 N–H and O–H groups in total. The van der Waals surface area contributed by atoms with Gasteiger partial charge in [0, 0.05) is 37.2 Å². The van der Waals surface area contributed by atoms with Gasteiger partial charge in [0.15, 0.2) is 11.6 Å². The maximum atomic E-state index is 4.82. The molecule has 2 bridgehead atoms. The zero-order valence-corrected chi connectivity index (χ0v) is 13.1. The predicted octanol–water partition coefficient (Wildman–Crippen LogP) is 1.55. The van der Waals surface area contributed by atoms with Gasteiger partial charge in [0.1, 0.15) is 0 Å². The first-order chi connectivity index (χ1) is 10.9. The lowest BCUT2D eigenvalue weighted by molar-refractivity contribution is 0.314. The molecule has 5 rings (SSSR count). The van der Waals surface area contributed by atoms with E-state index in [1.54, 1.807) is 0 Å². The van der Waals surface area contributed by atoms with Crippen LogP contribution >= 0.6 is 11.8 Å². The Balaban J connectivity index is 1.60. The molecular formula is C14H18N6OS. The van der Waals surface area contributed by atoms with Crippen molar-refractivity contribution >= 4 is 34.7 Å². The van der Waals surface area contributed by atoms with E-state index in [-0.39, 0.29) is 0 Å². The van der Waals surface area contributed by atoms with E-state index in [0.29, 0.717) is 17.3 Å². The summed E-state index contributed by atoms with van der Waals surface area (Å²) in [6.07, 6.45) is 3.93. The van der Waals surface area contributed by atoms with E-state index < -0.39 is 0 Å². The van der Waals surface area contributed by atoms with Crippen LogP contribution in [0.4, 0.5) is 11.6 Å². The first-order valence-electron chi connectivity index (χ1n) is 7.98. The fraction of sp³-hybridized carbons (Fsp3) is 0.714. The number of aromatic nitrogens is 4. The molecule has 4 heterocycles. The molecule has 22 heavy (non-hydrogen) atoms. The number of hydrogen-bond donors (Lipinski definition) is 0. The minimum Gasteiger partial charge on any atom is -0.352 e. The Labute approximate surface area is 132 Å². The monoisotopic (exact) mass is 318 g/mol. The van der Waals surface area contributed by atoms with Crippen molar-refractivity contribution in [2.45, 2.75) is 25.3 Å². The largest absolute Gasteiger partial charge is 0.352 e. The minimum atomic E-state index is 0.515. The fourth-order valence-corrected chi connectivity index (χ4v) is 4.89. The van der Waals surface area contributed by atoms with Gasteiger partial charge in [-0.2, -0.15) is 11.8 Å². The summed E-state index contributed by atoms with van der Waals surface area (Å²) in [6.45, 7) is 3.14. The predicted molar refractivity (Wildman–Crippen MR) is 85.4 cm³/mol. The van der Waals surface area contributed by atoms with E-state index >= 15 is 0 Å². The number of anilines is 2. The lowest BCUT2D eigenvalue weighted by Crippen LogP contribution is -2.38. The van der Waals surface area contributed by atoms with Crippen molar-refractivity contribution in [3.8, 4) is 0 Å². The van der Waals surface area contributed by atoms with Crippen LogP contribution in [-0.4, -0.2) is 57.5 Å². The molecule has 7 nitrogen and oxygen atoms in total. The lowest BCUT2D eigenvalue weighted by Gasteiger charge is -2.33. The third-order valence-electron chi connectivity index (χ3n) is 5.07. The topological polar surface area (TPSA) is 71.2 Å². The summed E-state index contributed by atoms with van der Waals surface area (Å²) in [5, 5.41) is 7.77. The van der Waals surface area contributed by atoms with E-state index in [1.807, 2.05) is 11.8 Å². The van der Waals surface area contributed by atoms with Crippen LogP contribution in [0.5, 0.6) is 0 Å². The number of fused-ring (bicyclic) bond motifs is 3. The summed E-state index contributed by atoms with van der Waals surface area (Å²) >= 11 is 2.00. The molecule has 3 fully saturated rings. The van der Waals surface area contributed by atoms with Crippen LogP contribution in [0.1, 0.15) is 19.3 Å². The van der Waals surface area contributed by atoms with E-state index in [9.17, 15) is 0 Å². The van der Waals surface area contributed by atoms with Crippen LogP contribution in [0.25, 0.3) is 11.3 Å². The van der Waals surface area contributed by atoms with Gasteiger partial charge < -0.3 is 9.80 Å². The Morgan fingerprint density at radius 3 is 2.45 bits per heavy atom. The second-order valence-corrected chi connectivity index (χ2v) is 7.59. The van der Waals surface area contributed by atoms with E-state index in [1.165, 1.54) is 19.3 Å². The Hall–Kier alpha value is -1.57. The normalized spacial score (nSPS) is 28.0. The highest BCUT2D eigenvalue weighted by atomic mass is 32.2. The first-order valence-corrected chi connectivity index (χ1v) is 9.13. The molecule has 2 aromatic heterocycles. The molecule has 3 aliphatic rings. The van der Waals surface area contributed by atoms with Crippen molar-refractivity contribution < 1.29 is 4.63 Å². The van der Waals surface area contributed by atoms with E-state index in [2.05, 4.69) is 20.1 Å². The Morgan fingerprint density at radius 1 is 1.00 bits per heavy atom. The molecule has 2 aliphatic heterocycles. The zero-order valence-electron chi connectivity index (χ0n) is 12.3. The maximum Gasteiger partial charge on any atom is 0.245 e. The summed E-state index contributed by atoms with van der Waals surface area (Å²) in [7, 11) is 0. The zero-order chi connectivity index (χ0) is 14.5. The summed E-state index contributed by atoms with van der Waals surface area (Å²) < 4.78 is 4.82. The molecule has 0 unspecified atom stereocenters. The van der Waals surface area contributed by atoms with Gasteiger partial charge in [-0.15, -0.1) is 0 Å². The maximum absolute atomic E-state index is 4.82. The van der Waals surface area contributed by atoms with E-state index in [0.717, 1.165) is 48.7 Å². The summed E-state index contributed by atoms with van der Waals surface area (Å²) in [5.74, 6) is 5.06. The lowest BCUT2D eigenvalue weighted by atomic mass is 10.1. The molecule has 116 valence electrons. The molecule has 2 atom stereocenters. The molecule has 2 aromatic rings. The number of piperidine rings is 1. The standard InChI is InChI=1S/C14H18N6OS/c1-2-10-7-9(1)8-20(10)14-13(19-3-5-22-6-4-19)15-11-12(16-14)18-21-17-11/h9-10H,1-8H2/t9-,10-/m0/s1. The van der Waals surface area contributed by atoms with E-state index in [4.69, 9.17) is 14.6 Å². The summed E-state index contributed by atoms with van der Waals surface area (Å²) in [4.78, 5) is 14.3. The Morgan fingerprint density at radius 2 is 1.77 bits per heavy atom. The van der Waals surface area contributed by atoms with Gasteiger partial charge >= 0.3 is 0 Å². The number of hydrogen-bond acceptors (Lipinski definition) is 8. The molecule has 8 heteroatoms. The molecule has 0 radical (unpaired) electrons. The third kappa shape index (κ3) is 1.96. The van der Waals surface area contributed by atoms with Crippen molar-refractivity contribution in [2.24, 2.45) is 5.92 Å². The first kappa shape index (κ1) is 12.9. The van der Waals surface area contributed by atoms with Crippen LogP contribution in [-0.2, 0) is 0 Å². The highest BCUT2D eigenvalue weighted by molar-refractivity contribution is 7.99. The summed E-state index contributed by atoms with van der Waals surface area (Å²) in [6, 6.07) is 0.620. The second kappa shape index (κ2) is 4.97. The number of rotatable bonds is 2. The third-order valence-corrected chi connectivity index (χ3v) is 6.01. The minimum absolute atomic E-state index is 0.515. The van der Waals surface area contributed by atoms with Gasteiger partial charge in [-0.05, 0) is 35.5 Å². The van der Waals surface area contributed by atoms with Crippen LogP contribution in [0.15, 0.2) is 4.63 Å². The summed E-state index contributed by atoms with van der Waals surface area (Å²) in [5.41, 5.74) is 1.04. The van der Waals surface area contributed by atoms with Gasteiger partial charge in [-0.25, -0.2) is 14.6 Å². The fourth-order valence-electron chi connectivity index (χ4n) is 3.98. The Kier molecular flexibility index (Phi) is 2.92. The average molecular weight is 318 g/mol.